The van der Waals surface area contributed by atoms with E-state index in [1.807, 2.05) is 30.6 Å². The van der Waals surface area contributed by atoms with Gasteiger partial charge in [0, 0.05) is 38.4 Å². The van der Waals surface area contributed by atoms with Crippen LogP contribution in [0.2, 0.25) is 0 Å². The molecule has 2 aliphatic heterocycles. The number of nitrogens with zero attached hydrogens (tertiary/aromatic N) is 3. The fourth-order valence-corrected chi connectivity index (χ4v) is 4.20. The molecule has 0 aliphatic carbocycles. The van der Waals surface area contributed by atoms with Gasteiger partial charge in [0.05, 0.1) is 0 Å². The Hall–Kier alpha value is -2.20. The van der Waals surface area contributed by atoms with E-state index in [0.29, 0.717) is 5.91 Å². The first-order valence-corrected chi connectivity index (χ1v) is 9.15. The Kier molecular flexibility index (Phi) is 4.53. The van der Waals surface area contributed by atoms with E-state index in [9.17, 15) is 4.79 Å². The first-order chi connectivity index (χ1) is 12.2. The van der Waals surface area contributed by atoms with Gasteiger partial charge in [-0.15, -0.1) is 0 Å². The van der Waals surface area contributed by atoms with Crippen LogP contribution in [-0.2, 0) is 17.9 Å². The third-order valence-corrected chi connectivity index (χ3v) is 5.69. The minimum Gasteiger partial charge on any atom is -0.338 e. The van der Waals surface area contributed by atoms with Gasteiger partial charge in [-0.25, -0.2) is 0 Å². The molecule has 0 saturated carbocycles. The standard InChI is InChI=1S/C21H25N3O/c25-20-14-21(17-24(20)16-18-4-2-1-3-5-18)8-12-23(13-9-21)15-19-6-10-22-11-7-19/h1-7,10-11H,8-9,12-17H2. The van der Waals surface area contributed by atoms with Crippen molar-refractivity contribution in [1.29, 1.82) is 0 Å². The summed E-state index contributed by atoms with van der Waals surface area (Å²) in [6.45, 7) is 4.82. The summed E-state index contributed by atoms with van der Waals surface area (Å²) in [6, 6.07) is 14.5. The van der Waals surface area contributed by atoms with Crippen molar-refractivity contribution in [3.05, 3.63) is 66.0 Å². The van der Waals surface area contributed by atoms with Crippen LogP contribution in [0.4, 0.5) is 0 Å². The van der Waals surface area contributed by atoms with Gasteiger partial charge < -0.3 is 4.90 Å². The minimum absolute atomic E-state index is 0.195. The average molecular weight is 335 g/mol. The Morgan fingerprint density at radius 1 is 0.920 bits per heavy atom. The normalized spacial score (nSPS) is 20.3. The summed E-state index contributed by atoms with van der Waals surface area (Å²) in [5.74, 6) is 0.325. The van der Waals surface area contributed by atoms with E-state index >= 15 is 0 Å². The first-order valence-electron chi connectivity index (χ1n) is 9.15. The molecular formula is C21H25N3O. The molecular weight excluding hydrogens is 310 g/mol. The van der Waals surface area contributed by atoms with Crippen LogP contribution in [0.25, 0.3) is 0 Å². The molecule has 1 amide bonds. The third kappa shape index (κ3) is 3.74. The number of pyridine rings is 1. The predicted octanol–water partition coefficient (Wildman–Crippen LogP) is 3.10. The van der Waals surface area contributed by atoms with Crippen molar-refractivity contribution in [3.63, 3.8) is 0 Å². The summed E-state index contributed by atoms with van der Waals surface area (Å²) in [5, 5.41) is 0. The highest BCUT2D eigenvalue weighted by Crippen LogP contribution is 2.41. The summed E-state index contributed by atoms with van der Waals surface area (Å²) in [7, 11) is 0. The van der Waals surface area contributed by atoms with E-state index in [1.165, 1.54) is 11.1 Å². The number of benzene rings is 1. The van der Waals surface area contributed by atoms with Gasteiger partial charge in [0.2, 0.25) is 5.91 Å². The van der Waals surface area contributed by atoms with Gasteiger partial charge in [-0.05, 0) is 54.6 Å². The molecule has 1 aromatic carbocycles. The van der Waals surface area contributed by atoms with Gasteiger partial charge in [0.1, 0.15) is 0 Å². The molecule has 4 rings (SSSR count). The van der Waals surface area contributed by atoms with E-state index in [4.69, 9.17) is 0 Å². The maximum Gasteiger partial charge on any atom is 0.223 e. The summed E-state index contributed by atoms with van der Waals surface area (Å²) in [6.07, 6.45) is 6.68. The van der Waals surface area contributed by atoms with E-state index in [1.54, 1.807) is 0 Å². The lowest BCUT2D eigenvalue weighted by Crippen LogP contribution is -2.41. The lowest BCUT2D eigenvalue weighted by atomic mass is 9.77. The van der Waals surface area contributed by atoms with Crippen molar-refractivity contribution in [2.24, 2.45) is 5.41 Å². The van der Waals surface area contributed by atoms with E-state index in [-0.39, 0.29) is 5.41 Å². The Labute approximate surface area is 149 Å². The van der Waals surface area contributed by atoms with Crippen LogP contribution in [0.3, 0.4) is 0 Å². The van der Waals surface area contributed by atoms with Crippen LogP contribution in [0.5, 0.6) is 0 Å². The second-order valence-electron chi connectivity index (χ2n) is 7.54. The van der Waals surface area contributed by atoms with Crippen LogP contribution in [0.15, 0.2) is 54.9 Å². The quantitative estimate of drug-likeness (QED) is 0.861. The Morgan fingerprint density at radius 3 is 2.32 bits per heavy atom. The number of hydrogen-bond acceptors (Lipinski definition) is 3. The number of carbonyl (C=O) groups excluding carboxylic acids is 1. The molecule has 25 heavy (non-hydrogen) atoms. The molecule has 0 bridgehead atoms. The summed E-state index contributed by atoms with van der Waals surface area (Å²) >= 11 is 0. The van der Waals surface area contributed by atoms with Crippen LogP contribution >= 0.6 is 0 Å². The highest BCUT2D eigenvalue weighted by molar-refractivity contribution is 5.79. The Balaban J connectivity index is 1.34. The number of piperidine rings is 1. The summed E-state index contributed by atoms with van der Waals surface area (Å²) < 4.78 is 0. The smallest absolute Gasteiger partial charge is 0.223 e. The van der Waals surface area contributed by atoms with Crippen molar-refractivity contribution in [2.45, 2.75) is 32.4 Å². The highest BCUT2D eigenvalue weighted by Gasteiger charge is 2.44. The molecule has 2 fully saturated rings. The molecule has 1 aromatic heterocycles. The number of hydrogen-bond donors (Lipinski definition) is 0. The third-order valence-electron chi connectivity index (χ3n) is 5.69. The zero-order valence-electron chi connectivity index (χ0n) is 14.6. The van der Waals surface area contributed by atoms with Crippen LogP contribution in [0, 0.1) is 5.41 Å². The zero-order chi connectivity index (χ0) is 17.1. The second-order valence-corrected chi connectivity index (χ2v) is 7.54. The molecule has 0 atom stereocenters. The lowest BCUT2D eigenvalue weighted by molar-refractivity contribution is -0.128. The summed E-state index contributed by atoms with van der Waals surface area (Å²) in [5.41, 5.74) is 2.74. The zero-order valence-corrected chi connectivity index (χ0v) is 14.6. The van der Waals surface area contributed by atoms with E-state index in [2.05, 4.69) is 39.0 Å². The van der Waals surface area contributed by atoms with Crippen molar-refractivity contribution in [3.8, 4) is 0 Å². The minimum atomic E-state index is 0.195. The van der Waals surface area contributed by atoms with Gasteiger partial charge in [0.25, 0.3) is 0 Å². The van der Waals surface area contributed by atoms with Crippen molar-refractivity contribution in [1.82, 2.24) is 14.8 Å². The lowest BCUT2D eigenvalue weighted by Gasteiger charge is -2.38. The molecule has 2 aliphatic rings. The number of carbonyl (C=O) groups is 1. The number of aromatic nitrogens is 1. The molecule has 0 unspecified atom stereocenters. The molecule has 2 aromatic rings. The topological polar surface area (TPSA) is 36.4 Å². The van der Waals surface area contributed by atoms with Crippen molar-refractivity contribution >= 4 is 5.91 Å². The number of amides is 1. The molecule has 0 radical (unpaired) electrons. The number of rotatable bonds is 4. The van der Waals surface area contributed by atoms with Crippen LogP contribution in [0.1, 0.15) is 30.4 Å². The molecule has 3 heterocycles. The second kappa shape index (κ2) is 6.96. The molecule has 0 N–H and O–H groups in total. The first kappa shape index (κ1) is 16.3. The fourth-order valence-electron chi connectivity index (χ4n) is 4.20. The average Bonchev–Trinajstić information content (AvgIpc) is 2.94. The van der Waals surface area contributed by atoms with Gasteiger partial charge in [-0.1, -0.05) is 30.3 Å². The van der Waals surface area contributed by atoms with E-state index < -0.39 is 0 Å². The fraction of sp³-hybridized carbons (Fsp3) is 0.429. The maximum absolute atomic E-state index is 12.5. The highest BCUT2D eigenvalue weighted by atomic mass is 16.2. The molecule has 2 saturated heterocycles. The predicted molar refractivity (Wildman–Crippen MR) is 97.7 cm³/mol. The summed E-state index contributed by atoms with van der Waals surface area (Å²) in [4.78, 5) is 21.2. The molecule has 1 spiro atoms. The SMILES string of the molecule is O=C1CC2(CCN(Cc3ccncc3)CC2)CN1Cc1ccccc1. The largest absolute Gasteiger partial charge is 0.338 e. The van der Waals surface area contributed by atoms with Gasteiger partial charge in [0.15, 0.2) is 0 Å². The molecule has 4 nitrogen and oxygen atoms in total. The van der Waals surface area contributed by atoms with E-state index in [0.717, 1.165) is 52.0 Å². The Morgan fingerprint density at radius 2 is 1.60 bits per heavy atom. The molecule has 4 heteroatoms. The monoisotopic (exact) mass is 335 g/mol. The van der Waals surface area contributed by atoms with Gasteiger partial charge >= 0.3 is 0 Å². The number of likely N-dealkylation sites (tertiary alicyclic amines) is 2. The van der Waals surface area contributed by atoms with Crippen LogP contribution in [-0.4, -0.2) is 40.3 Å². The maximum atomic E-state index is 12.5. The van der Waals surface area contributed by atoms with Gasteiger partial charge in [-0.2, -0.15) is 0 Å². The van der Waals surface area contributed by atoms with Crippen LogP contribution < -0.4 is 0 Å². The van der Waals surface area contributed by atoms with Crippen molar-refractivity contribution in [2.75, 3.05) is 19.6 Å². The van der Waals surface area contributed by atoms with Crippen molar-refractivity contribution < 1.29 is 4.79 Å². The Bertz CT molecular complexity index is 708. The molecule has 130 valence electrons. The van der Waals surface area contributed by atoms with Gasteiger partial charge in [-0.3, -0.25) is 14.7 Å².